The van der Waals surface area contributed by atoms with E-state index in [2.05, 4.69) is 28.7 Å². The van der Waals surface area contributed by atoms with Gasteiger partial charge in [0.1, 0.15) is 5.82 Å². The number of hydrogen-bond donors (Lipinski definition) is 0. The molecule has 5 heteroatoms. The molecule has 0 N–H and O–H groups in total. The summed E-state index contributed by atoms with van der Waals surface area (Å²) in [7, 11) is 0. The van der Waals surface area contributed by atoms with Gasteiger partial charge in [0.2, 0.25) is 0 Å². The number of anilines is 1. The standard InChI is InChI=1S/C11H16ClN3O/c1-11(2)8-16-4-3-15(11)10-7-13-9(5-12)6-14-10/h6-7H,3-5,8H2,1-2H3. The third kappa shape index (κ3) is 2.28. The Morgan fingerprint density at radius 1 is 1.44 bits per heavy atom. The second kappa shape index (κ2) is 4.55. The van der Waals surface area contributed by atoms with E-state index in [1.165, 1.54) is 0 Å². The van der Waals surface area contributed by atoms with E-state index in [1.54, 1.807) is 12.4 Å². The van der Waals surface area contributed by atoms with Crippen molar-refractivity contribution in [2.24, 2.45) is 0 Å². The van der Waals surface area contributed by atoms with Gasteiger partial charge in [0, 0.05) is 6.54 Å². The fourth-order valence-electron chi connectivity index (χ4n) is 1.84. The SMILES string of the molecule is CC1(C)COCCN1c1cnc(CCl)cn1. The van der Waals surface area contributed by atoms with Crippen LogP contribution in [-0.4, -0.2) is 35.3 Å². The van der Waals surface area contributed by atoms with E-state index in [9.17, 15) is 0 Å². The number of aromatic nitrogens is 2. The van der Waals surface area contributed by atoms with Crippen LogP contribution in [0.1, 0.15) is 19.5 Å². The zero-order chi connectivity index (χ0) is 11.6. The second-order valence-corrected chi connectivity index (χ2v) is 4.78. The highest BCUT2D eigenvalue weighted by Gasteiger charge is 2.31. The van der Waals surface area contributed by atoms with Gasteiger partial charge in [0.05, 0.1) is 42.7 Å². The third-order valence-electron chi connectivity index (χ3n) is 2.75. The summed E-state index contributed by atoms with van der Waals surface area (Å²) in [5.41, 5.74) is 0.770. The first kappa shape index (κ1) is 11.6. The summed E-state index contributed by atoms with van der Waals surface area (Å²) in [4.78, 5) is 10.9. The van der Waals surface area contributed by atoms with Crippen molar-refractivity contribution >= 4 is 17.4 Å². The zero-order valence-corrected chi connectivity index (χ0v) is 10.4. The van der Waals surface area contributed by atoms with Gasteiger partial charge in [-0.2, -0.15) is 0 Å². The van der Waals surface area contributed by atoms with Crippen LogP contribution in [0.25, 0.3) is 0 Å². The largest absolute Gasteiger partial charge is 0.377 e. The van der Waals surface area contributed by atoms with Crippen LogP contribution in [0.2, 0.25) is 0 Å². The van der Waals surface area contributed by atoms with Crippen molar-refractivity contribution in [3.05, 3.63) is 18.1 Å². The van der Waals surface area contributed by atoms with Crippen LogP contribution in [-0.2, 0) is 10.6 Å². The molecule has 4 nitrogen and oxygen atoms in total. The number of morpholine rings is 1. The summed E-state index contributed by atoms with van der Waals surface area (Å²) < 4.78 is 5.47. The average Bonchev–Trinajstić information content (AvgIpc) is 2.29. The highest BCUT2D eigenvalue weighted by atomic mass is 35.5. The molecule has 2 heterocycles. The summed E-state index contributed by atoms with van der Waals surface area (Å²) in [5, 5.41) is 0. The summed E-state index contributed by atoms with van der Waals surface area (Å²) in [6.07, 6.45) is 3.51. The molecule has 2 rings (SSSR count). The minimum atomic E-state index is -0.0323. The lowest BCUT2D eigenvalue weighted by molar-refractivity contribution is 0.0638. The van der Waals surface area contributed by atoms with Crippen LogP contribution < -0.4 is 4.90 Å². The molecule has 1 aromatic heterocycles. The van der Waals surface area contributed by atoms with E-state index in [-0.39, 0.29) is 5.54 Å². The maximum Gasteiger partial charge on any atom is 0.147 e. The van der Waals surface area contributed by atoms with Crippen LogP contribution in [0.4, 0.5) is 5.82 Å². The van der Waals surface area contributed by atoms with E-state index >= 15 is 0 Å². The maximum absolute atomic E-state index is 5.68. The zero-order valence-electron chi connectivity index (χ0n) is 9.61. The number of nitrogens with zero attached hydrogens (tertiary/aromatic N) is 3. The number of ether oxygens (including phenoxy) is 1. The summed E-state index contributed by atoms with van der Waals surface area (Å²) in [6, 6.07) is 0. The number of rotatable bonds is 2. The van der Waals surface area contributed by atoms with Crippen LogP contribution in [0.3, 0.4) is 0 Å². The monoisotopic (exact) mass is 241 g/mol. The number of alkyl halides is 1. The Kier molecular flexibility index (Phi) is 3.30. The Hall–Kier alpha value is -0.870. The Morgan fingerprint density at radius 3 is 2.81 bits per heavy atom. The molecule has 1 fully saturated rings. The predicted octanol–water partition coefficient (Wildman–Crippen LogP) is 1.83. The lowest BCUT2D eigenvalue weighted by Crippen LogP contribution is -2.53. The molecule has 0 unspecified atom stereocenters. The fourth-order valence-corrected chi connectivity index (χ4v) is 1.98. The van der Waals surface area contributed by atoms with E-state index in [4.69, 9.17) is 16.3 Å². The minimum absolute atomic E-state index is 0.0323. The number of hydrogen-bond acceptors (Lipinski definition) is 4. The van der Waals surface area contributed by atoms with Crippen molar-refractivity contribution in [3.63, 3.8) is 0 Å². The molecule has 0 amide bonds. The van der Waals surface area contributed by atoms with Crippen LogP contribution in [0.5, 0.6) is 0 Å². The molecule has 0 aromatic carbocycles. The van der Waals surface area contributed by atoms with Crippen LogP contribution in [0.15, 0.2) is 12.4 Å². The Balaban J connectivity index is 2.21. The molecule has 88 valence electrons. The van der Waals surface area contributed by atoms with Gasteiger partial charge in [-0.15, -0.1) is 11.6 Å². The lowest BCUT2D eigenvalue weighted by Gasteiger charge is -2.42. The first-order chi connectivity index (χ1) is 7.63. The highest BCUT2D eigenvalue weighted by Crippen LogP contribution is 2.24. The summed E-state index contributed by atoms with van der Waals surface area (Å²) >= 11 is 5.68. The predicted molar refractivity (Wildman–Crippen MR) is 63.8 cm³/mol. The minimum Gasteiger partial charge on any atom is -0.377 e. The number of halogens is 1. The summed E-state index contributed by atoms with van der Waals surface area (Å²) in [6.45, 7) is 6.59. The quantitative estimate of drug-likeness (QED) is 0.741. The average molecular weight is 242 g/mol. The summed E-state index contributed by atoms with van der Waals surface area (Å²) in [5.74, 6) is 1.29. The molecule has 0 atom stereocenters. The van der Waals surface area contributed by atoms with Gasteiger partial charge in [-0.3, -0.25) is 4.98 Å². The molecule has 0 spiro atoms. The van der Waals surface area contributed by atoms with Gasteiger partial charge in [-0.25, -0.2) is 4.98 Å². The van der Waals surface area contributed by atoms with E-state index < -0.39 is 0 Å². The van der Waals surface area contributed by atoms with Gasteiger partial charge in [0.25, 0.3) is 0 Å². The molecule has 1 aromatic rings. The Labute approximate surface area is 101 Å². The Bertz CT molecular complexity index is 353. The molecule has 0 saturated carbocycles. The van der Waals surface area contributed by atoms with Gasteiger partial charge in [-0.1, -0.05) is 0 Å². The second-order valence-electron chi connectivity index (χ2n) is 4.52. The van der Waals surface area contributed by atoms with Crippen LogP contribution >= 0.6 is 11.6 Å². The van der Waals surface area contributed by atoms with Crippen molar-refractivity contribution in [3.8, 4) is 0 Å². The van der Waals surface area contributed by atoms with Crippen molar-refractivity contribution < 1.29 is 4.74 Å². The normalized spacial score (nSPS) is 19.8. The van der Waals surface area contributed by atoms with E-state index in [1.807, 2.05) is 0 Å². The van der Waals surface area contributed by atoms with Crippen molar-refractivity contribution in [2.45, 2.75) is 25.3 Å². The van der Waals surface area contributed by atoms with Gasteiger partial charge < -0.3 is 9.64 Å². The first-order valence-corrected chi connectivity index (χ1v) is 5.89. The molecule has 16 heavy (non-hydrogen) atoms. The maximum atomic E-state index is 5.68. The molecule has 0 radical (unpaired) electrons. The van der Waals surface area contributed by atoms with Crippen molar-refractivity contribution in [1.82, 2.24) is 9.97 Å². The lowest BCUT2D eigenvalue weighted by atomic mass is 10.0. The first-order valence-electron chi connectivity index (χ1n) is 5.36. The third-order valence-corrected chi connectivity index (χ3v) is 3.02. The van der Waals surface area contributed by atoms with Crippen LogP contribution in [0, 0.1) is 0 Å². The topological polar surface area (TPSA) is 38.2 Å². The molecule has 1 aliphatic heterocycles. The van der Waals surface area contributed by atoms with E-state index in [0.717, 1.165) is 24.7 Å². The molecule has 0 aliphatic carbocycles. The molecule has 1 saturated heterocycles. The molecular weight excluding hydrogens is 226 g/mol. The molecule has 1 aliphatic rings. The fraction of sp³-hybridized carbons (Fsp3) is 0.636. The smallest absolute Gasteiger partial charge is 0.147 e. The van der Waals surface area contributed by atoms with E-state index in [0.29, 0.717) is 12.5 Å². The molecule has 0 bridgehead atoms. The Morgan fingerprint density at radius 2 is 2.25 bits per heavy atom. The van der Waals surface area contributed by atoms with Gasteiger partial charge >= 0.3 is 0 Å². The highest BCUT2D eigenvalue weighted by molar-refractivity contribution is 6.16. The molecular formula is C11H16ClN3O. The van der Waals surface area contributed by atoms with Gasteiger partial charge in [0.15, 0.2) is 0 Å². The van der Waals surface area contributed by atoms with Crippen molar-refractivity contribution in [1.29, 1.82) is 0 Å². The van der Waals surface area contributed by atoms with Crippen molar-refractivity contribution in [2.75, 3.05) is 24.7 Å². The van der Waals surface area contributed by atoms with Gasteiger partial charge in [-0.05, 0) is 13.8 Å².